The highest BCUT2D eigenvalue weighted by Crippen LogP contribution is 2.16. The Kier molecular flexibility index (Phi) is 4.80. The number of rotatable bonds is 6. The third kappa shape index (κ3) is 3.71. The van der Waals surface area contributed by atoms with Crippen LogP contribution in [0, 0.1) is 5.92 Å². The zero-order valence-electron chi connectivity index (χ0n) is 11.8. The van der Waals surface area contributed by atoms with Gasteiger partial charge in [-0.3, -0.25) is 0 Å². The van der Waals surface area contributed by atoms with Gasteiger partial charge in [-0.1, -0.05) is 44.2 Å². The minimum Gasteiger partial charge on any atom is -0.390 e. The minimum atomic E-state index is 0.106. The largest absolute Gasteiger partial charge is 0.390 e. The van der Waals surface area contributed by atoms with Gasteiger partial charge in [0, 0.05) is 17.9 Å². The summed E-state index contributed by atoms with van der Waals surface area (Å²) in [6, 6.07) is 14.6. The van der Waals surface area contributed by atoms with Crippen LogP contribution in [-0.4, -0.2) is 9.67 Å². The second-order valence-electron chi connectivity index (χ2n) is 5.48. The summed E-state index contributed by atoms with van der Waals surface area (Å²) in [5.41, 5.74) is 3.60. The molecule has 0 aliphatic rings. The number of aliphatic hydroxyl groups is 1. The quantitative estimate of drug-likeness (QED) is 0.840. The molecule has 2 aromatic rings. The Morgan fingerprint density at radius 3 is 2.32 bits per heavy atom. The highest BCUT2D eigenvalue weighted by Gasteiger charge is 2.08. The molecular weight excluding hydrogens is 234 g/mol. The zero-order chi connectivity index (χ0) is 13.7. The van der Waals surface area contributed by atoms with E-state index in [0.717, 1.165) is 18.7 Å². The summed E-state index contributed by atoms with van der Waals surface area (Å²) in [6.45, 7) is 5.44. The van der Waals surface area contributed by atoms with Crippen molar-refractivity contribution in [2.75, 3.05) is 0 Å². The van der Waals surface area contributed by atoms with Gasteiger partial charge in [-0.25, -0.2) is 0 Å². The molecule has 2 heteroatoms. The SMILES string of the molecule is CC(C)CCc1ccc(CO)n1Cc1ccccc1. The van der Waals surface area contributed by atoms with E-state index in [2.05, 4.69) is 48.7 Å². The van der Waals surface area contributed by atoms with Gasteiger partial charge in [-0.15, -0.1) is 0 Å². The molecule has 2 rings (SSSR count). The van der Waals surface area contributed by atoms with Gasteiger partial charge in [0.1, 0.15) is 0 Å². The van der Waals surface area contributed by atoms with Crippen LogP contribution in [0.1, 0.15) is 37.2 Å². The first-order valence-electron chi connectivity index (χ1n) is 7.02. The standard InChI is InChI=1S/C17H23NO/c1-14(2)8-9-16-10-11-17(13-19)18(16)12-15-6-4-3-5-7-15/h3-7,10-11,14,19H,8-9,12-13H2,1-2H3. The third-order valence-corrected chi connectivity index (χ3v) is 3.48. The summed E-state index contributed by atoms with van der Waals surface area (Å²) in [6.07, 6.45) is 2.26. The summed E-state index contributed by atoms with van der Waals surface area (Å²) < 4.78 is 2.25. The molecule has 1 N–H and O–H groups in total. The van der Waals surface area contributed by atoms with E-state index in [-0.39, 0.29) is 6.61 Å². The second-order valence-corrected chi connectivity index (χ2v) is 5.48. The van der Waals surface area contributed by atoms with Crippen molar-refractivity contribution in [3.63, 3.8) is 0 Å². The van der Waals surface area contributed by atoms with E-state index < -0.39 is 0 Å². The van der Waals surface area contributed by atoms with Crippen LogP contribution in [0.4, 0.5) is 0 Å². The molecule has 0 aliphatic carbocycles. The van der Waals surface area contributed by atoms with Gasteiger partial charge in [0.05, 0.1) is 6.61 Å². The molecule has 0 radical (unpaired) electrons. The van der Waals surface area contributed by atoms with Gasteiger partial charge in [0.15, 0.2) is 0 Å². The average Bonchev–Trinajstić information content (AvgIpc) is 2.80. The van der Waals surface area contributed by atoms with E-state index in [9.17, 15) is 5.11 Å². The molecule has 1 aromatic heterocycles. The maximum Gasteiger partial charge on any atom is 0.0833 e. The fourth-order valence-corrected chi connectivity index (χ4v) is 2.32. The molecule has 0 bridgehead atoms. The number of hydrogen-bond donors (Lipinski definition) is 1. The van der Waals surface area contributed by atoms with Gasteiger partial charge < -0.3 is 9.67 Å². The Hall–Kier alpha value is -1.54. The lowest BCUT2D eigenvalue weighted by atomic mass is 10.1. The molecule has 19 heavy (non-hydrogen) atoms. The number of nitrogens with zero attached hydrogens (tertiary/aromatic N) is 1. The van der Waals surface area contributed by atoms with Crippen LogP contribution in [0.5, 0.6) is 0 Å². The Bertz CT molecular complexity index is 499. The highest BCUT2D eigenvalue weighted by atomic mass is 16.3. The summed E-state index contributed by atoms with van der Waals surface area (Å²) in [4.78, 5) is 0. The van der Waals surface area contributed by atoms with Crippen molar-refractivity contribution >= 4 is 0 Å². The van der Waals surface area contributed by atoms with Gasteiger partial charge in [0.25, 0.3) is 0 Å². The van der Waals surface area contributed by atoms with Crippen molar-refractivity contribution in [3.05, 3.63) is 59.4 Å². The van der Waals surface area contributed by atoms with Crippen LogP contribution >= 0.6 is 0 Å². The molecule has 1 heterocycles. The molecule has 0 amide bonds. The molecule has 0 unspecified atom stereocenters. The molecular formula is C17H23NO. The lowest BCUT2D eigenvalue weighted by Crippen LogP contribution is -2.09. The Morgan fingerprint density at radius 1 is 1.00 bits per heavy atom. The molecule has 0 aliphatic heterocycles. The predicted molar refractivity (Wildman–Crippen MR) is 79.1 cm³/mol. The predicted octanol–water partition coefficient (Wildman–Crippen LogP) is 3.62. The Morgan fingerprint density at radius 2 is 1.68 bits per heavy atom. The van der Waals surface area contributed by atoms with Crippen LogP contribution in [0.15, 0.2) is 42.5 Å². The molecule has 0 atom stereocenters. The van der Waals surface area contributed by atoms with Crippen molar-refractivity contribution in [2.24, 2.45) is 5.92 Å². The van der Waals surface area contributed by atoms with Gasteiger partial charge >= 0.3 is 0 Å². The average molecular weight is 257 g/mol. The van der Waals surface area contributed by atoms with Crippen molar-refractivity contribution < 1.29 is 5.11 Å². The molecule has 0 spiro atoms. The fourth-order valence-electron chi connectivity index (χ4n) is 2.32. The van der Waals surface area contributed by atoms with E-state index in [1.807, 2.05) is 12.1 Å². The van der Waals surface area contributed by atoms with Crippen LogP contribution in [-0.2, 0) is 19.6 Å². The molecule has 0 fully saturated rings. The lowest BCUT2D eigenvalue weighted by molar-refractivity contribution is 0.271. The molecule has 1 aromatic carbocycles. The van der Waals surface area contributed by atoms with Crippen molar-refractivity contribution in [2.45, 2.75) is 39.8 Å². The maximum absolute atomic E-state index is 9.47. The fraction of sp³-hybridized carbons (Fsp3) is 0.412. The zero-order valence-corrected chi connectivity index (χ0v) is 11.8. The van der Waals surface area contributed by atoms with Crippen molar-refractivity contribution in [3.8, 4) is 0 Å². The van der Waals surface area contributed by atoms with Gasteiger partial charge in [-0.2, -0.15) is 0 Å². The normalized spacial score (nSPS) is 11.2. The summed E-state index contributed by atoms with van der Waals surface area (Å²) in [7, 11) is 0. The monoisotopic (exact) mass is 257 g/mol. The van der Waals surface area contributed by atoms with Crippen molar-refractivity contribution in [1.29, 1.82) is 0 Å². The van der Waals surface area contributed by atoms with Crippen LogP contribution < -0.4 is 0 Å². The van der Waals surface area contributed by atoms with Crippen LogP contribution in [0.25, 0.3) is 0 Å². The summed E-state index contributed by atoms with van der Waals surface area (Å²) in [5.74, 6) is 0.706. The maximum atomic E-state index is 9.47. The van der Waals surface area contributed by atoms with E-state index in [0.29, 0.717) is 5.92 Å². The molecule has 2 nitrogen and oxygen atoms in total. The number of aryl methyl sites for hydroxylation is 1. The van der Waals surface area contributed by atoms with E-state index in [4.69, 9.17) is 0 Å². The third-order valence-electron chi connectivity index (χ3n) is 3.48. The van der Waals surface area contributed by atoms with Crippen LogP contribution in [0.2, 0.25) is 0 Å². The Labute approximate surface area is 115 Å². The number of aromatic nitrogens is 1. The number of aliphatic hydroxyl groups excluding tert-OH is 1. The first-order valence-corrected chi connectivity index (χ1v) is 7.02. The van der Waals surface area contributed by atoms with Gasteiger partial charge in [0.2, 0.25) is 0 Å². The molecule has 0 saturated heterocycles. The number of hydrogen-bond acceptors (Lipinski definition) is 1. The first-order chi connectivity index (χ1) is 9.20. The highest BCUT2D eigenvalue weighted by molar-refractivity contribution is 5.21. The smallest absolute Gasteiger partial charge is 0.0833 e. The first kappa shape index (κ1) is 13.9. The Balaban J connectivity index is 2.19. The summed E-state index contributed by atoms with van der Waals surface area (Å²) in [5, 5.41) is 9.47. The van der Waals surface area contributed by atoms with E-state index >= 15 is 0 Å². The molecule has 0 saturated carbocycles. The van der Waals surface area contributed by atoms with E-state index in [1.165, 1.54) is 17.7 Å². The number of benzene rings is 1. The van der Waals surface area contributed by atoms with Gasteiger partial charge in [-0.05, 0) is 36.5 Å². The summed E-state index contributed by atoms with van der Waals surface area (Å²) >= 11 is 0. The molecule has 102 valence electrons. The topological polar surface area (TPSA) is 25.2 Å². The van der Waals surface area contributed by atoms with Crippen molar-refractivity contribution in [1.82, 2.24) is 4.57 Å². The second kappa shape index (κ2) is 6.58. The lowest BCUT2D eigenvalue weighted by Gasteiger charge is -2.13. The van der Waals surface area contributed by atoms with E-state index in [1.54, 1.807) is 0 Å². The minimum absolute atomic E-state index is 0.106. The van der Waals surface area contributed by atoms with Crippen LogP contribution in [0.3, 0.4) is 0 Å².